The summed E-state index contributed by atoms with van der Waals surface area (Å²) in [6, 6.07) is 12.2. The minimum atomic E-state index is -0.549. The van der Waals surface area contributed by atoms with Crippen molar-refractivity contribution in [3.05, 3.63) is 59.4 Å². The van der Waals surface area contributed by atoms with Crippen LogP contribution in [0.3, 0.4) is 0 Å². The third kappa shape index (κ3) is 4.34. The van der Waals surface area contributed by atoms with Crippen LogP contribution in [-0.4, -0.2) is 33.2 Å². The molecule has 1 atom stereocenters. The number of halogens is 1. The zero-order valence-electron chi connectivity index (χ0n) is 16.3. The monoisotopic (exact) mass is 411 g/mol. The van der Waals surface area contributed by atoms with Crippen molar-refractivity contribution in [2.24, 2.45) is 4.99 Å². The van der Waals surface area contributed by atoms with Crippen LogP contribution in [0.4, 0.5) is 15.8 Å². The molecule has 0 aromatic heterocycles. The number of amides is 2. The molecule has 1 saturated carbocycles. The molecule has 1 heterocycles. The number of carbonyl (C=O) groups is 2. The predicted octanol–water partition coefficient (Wildman–Crippen LogP) is 4.57. The molecule has 2 aromatic rings. The molecule has 0 unspecified atom stereocenters. The summed E-state index contributed by atoms with van der Waals surface area (Å²) in [4.78, 5) is 31.8. The molecular formula is C22H22FN3O2S. The smallest absolute Gasteiger partial charge is 0.242 e. The van der Waals surface area contributed by atoms with E-state index < -0.39 is 11.1 Å². The Hall–Kier alpha value is -2.67. The first-order valence-electron chi connectivity index (χ1n) is 9.62. The Morgan fingerprint density at radius 3 is 2.69 bits per heavy atom. The van der Waals surface area contributed by atoms with Crippen LogP contribution in [0, 0.1) is 19.7 Å². The van der Waals surface area contributed by atoms with E-state index in [1.807, 2.05) is 26.0 Å². The molecule has 5 nitrogen and oxygen atoms in total. The number of amidine groups is 1. The molecular weight excluding hydrogens is 389 g/mol. The minimum Gasteiger partial charge on any atom is -0.324 e. The largest absolute Gasteiger partial charge is 0.324 e. The van der Waals surface area contributed by atoms with E-state index in [-0.39, 0.29) is 30.0 Å². The van der Waals surface area contributed by atoms with Gasteiger partial charge in [0.2, 0.25) is 11.8 Å². The lowest BCUT2D eigenvalue weighted by Crippen LogP contribution is -2.35. The fourth-order valence-electron chi connectivity index (χ4n) is 3.33. The van der Waals surface area contributed by atoms with Gasteiger partial charge in [0.15, 0.2) is 5.17 Å². The summed E-state index contributed by atoms with van der Waals surface area (Å²) < 4.78 is 13.8. The van der Waals surface area contributed by atoms with E-state index in [0.717, 1.165) is 29.7 Å². The van der Waals surface area contributed by atoms with Crippen LogP contribution in [0.15, 0.2) is 47.5 Å². The second-order valence-electron chi connectivity index (χ2n) is 7.46. The average molecular weight is 412 g/mol. The minimum absolute atomic E-state index is 0.0209. The predicted molar refractivity (Wildman–Crippen MR) is 114 cm³/mol. The second-order valence-corrected chi connectivity index (χ2v) is 8.63. The van der Waals surface area contributed by atoms with E-state index >= 15 is 0 Å². The van der Waals surface area contributed by atoms with E-state index in [1.54, 1.807) is 17.0 Å². The highest BCUT2D eigenvalue weighted by Crippen LogP contribution is 2.40. The number of aryl methyl sites for hydroxylation is 2. The molecule has 0 radical (unpaired) electrons. The number of anilines is 1. The molecule has 2 fully saturated rings. The summed E-state index contributed by atoms with van der Waals surface area (Å²) >= 11 is 1.32. The van der Waals surface area contributed by atoms with Crippen LogP contribution >= 0.6 is 11.8 Å². The Morgan fingerprint density at radius 1 is 1.24 bits per heavy atom. The van der Waals surface area contributed by atoms with Gasteiger partial charge in [-0.05, 0) is 50.5 Å². The quantitative estimate of drug-likeness (QED) is 0.784. The van der Waals surface area contributed by atoms with Crippen molar-refractivity contribution in [3.63, 3.8) is 0 Å². The van der Waals surface area contributed by atoms with Gasteiger partial charge < -0.3 is 5.32 Å². The number of benzene rings is 2. The highest BCUT2D eigenvalue weighted by molar-refractivity contribution is 8.15. The topological polar surface area (TPSA) is 61.8 Å². The highest BCUT2D eigenvalue weighted by atomic mass is 32.2. The number of hydrogen-bond donors (Lipinski definition) is 1. The van der Waals surface area contributed by atoms with Crippen LogP contribution in [0.2, 0.25) is 0 Å². The van der Waals surface area contributed by atoms with Crippen LogP contribution in [0.1, 0.15) is 30.4 Å². The van der Waals surface area contributed by atoms with E-state index in [4.69, 9.17) is 4.99 Å². The van der Waals surface area contributed by atoms with Gasteiger partial charge in [0, 0.05) is 12.5 Å². The summed E-state index contributed by atoms with van der Waals surface area (Å²) in [5, 5.41) is 2.66. The van der Waals surface area contributed by atoms with E-state index in [0.29, 0.717) is 5.17 Å². The lowest BCUT2D eigenvalue weighted by Gasteiger charge is -2.15. The van der Waals surface area contributed by atoms with Gasteiger partial charge in [-0.25, -0.2) is 9.38 Å². The van der Waals surface area contributed by atoms with E-state index in [9.17, 15) is 14.0 Å². The van der Waals surface area contributed by atoms with Crippen LogP contribution in [0.25, 0.3) is 0 Å². The van der Waals surface area contributed by atoms with Crippen molar-refractivity contribution in [1.29, 1.82) is 0 Å². The lowest BCUT2D eigenvalue weighted by atomic mass is 10.1. The Labute approximate surface area is 173 Å². The molecule has 1 aliphatic heterocycles. The van der Waals surface area contributed by atoms with Gasteiger partial charge in [0.25, 0.3) is 0 Å². The third-order valence-electron chi connectivity index (χ3n) is 4.97. The number of thioether (sulfide) groups is 1. The zero-order chi connectivity index (χ0) is 20.5. The number of aliphatic imine (C=N–C) groups is 1. The standard InChI is InChI=1S/C22H22FN3O2S/c1-13-7-10-17(14(2)11-13)25-22-26(15-8-9-15)21(28)19(29-22)12-20(27)24-18-6-4-3-5-16(18)23/h3-7,10-11,15,19H,8-9,12H2,1-2H3,(H,24,27)/t19-/m1/s1. The lowest BCUT2D eigenvalue weighted by molar-refractivity contribution is -0.128. The number of hydrogen-bond acceptors (Lipinski definition) is 4. The molecule has 0 bridgehead atoms. The fourth-order valence-corrected chi connectivity index (χ4v) is 4.54. The van der Waals surface area contributed by atoms with Crippen molar-refractivity contribution < 1.29 is 14.0 Å². The maximum Gasteiger partial charge on any atom is 0.242 e. The van der Waals surface area contributed by atoms with Gasteiger partial charge in [-0.3, -0.25) is 14.5 Å². The molecule has 150 valence electrons. The van der Waals surface area contributed by atoms with Crippen molar-refractivity contribution in [1.82, 2.24) is 4.90 Å². The van der Waals surface area contributed by atoms with Crippen molar-refractivity contribution in [3.8, 4) is 0 Å². The first-order chi connectivity index (χ1) is 13.9. The Bertz CT molecular complexity index is 1000. The highest BCUT2D eigenvalue weighted by Gasteiger charge is 2.46. The van der Waals surface area contributed by atoms with E-state index in [2.05, 4.69) is 11.4 Å². The Kier molecular flexibility index (Phi) is 5.41. The molecule has 2 aromatic carbocycles. The summed E-state index contributed by atoms with van der Waals surface area (Å²) in [5.74, 6) is -0.975. The Balaban J connectivity index is 1.52. The molecule has 1 saturated heterocycles. The molecule has 1 N–H and O–H groups in total. The number of carbonyl (C=O) groups excluding carboxylic acids is 2. The first kappa shape index (κ1) is 19.6. The van der Waals surface area contributed by atoms with Crippen LogP contribution in [0.5, 0.6) is 0 Å². The van der Waals surface area contributed by atoms with Crippen LogP contribution < -0.4 is 5.32 Å². The van der Waals surface area contributed by atoms with Gasteiger partial charge in [-0.2, -0.15) is 0 Å². The van der Waals surface area contributed by atoms with Crippen molar-refractivity contribution in [2.45, 2.75) is 44.4 Å². The molecule has 7 heteroatoms. The van der Waals surface area contributed by atoms with Gasteiger partial charge in [0.05, 0.1) is 11.4 Å². The van der Waals surface area contributed by atoms with Gasteiger partial charge in [-0.1, -0.05) is 41.6 Å². The third-order valence-corrected chi connectivity index (χ3v) is 6.12. The number of nitrogens with zero attached hydrogens (tertiary/aromatic N) is 2. The summed E-state index contributed by atoms with van der Waals surface area (Å²) in [5.41, 5.74) is 3.15. The normalized spacial score (nSPS) is 20.4. The SMILES string of the molecule is Cc1ccc(N=C2S[C@H](CC(=O)Nc3ccccc3F)C(=O)N2C2CC2)c(C)c1. The molecule has 1 aliphatic carbocycles. The molecule has 2 amide bonds. The summed E-state index contributed by atoms with van der Waals surface area (Å²) in [7, 11) is 0. The van der Waals surface area contributed by atoms with Gasteiger partial charge >= 0.3 is 0 Å². The van der Waals surface area contributed by atoms with E-state index in [1.165, 1.54) is 23.9 Å². The molecule has 29 heavy (non-hydrogen) atoms. The average Bonchev–Trinajstić information content (AvgIpc) is 3.45. The van der Waals surface area contributed by atoms with Gasteiger partial charge in [0.1, 0.15) is 11.1 Å². The van der Waals surface area contributed by atoms with Crippen LogP contribution in [-0.2, 0) is 9.59 Å². The van der Waals surface area contributed by atoms with Gasteiger partial charge in [-0.15, -0.1) is 0 Å². The number of para-hydroxylation sites is 1. The maximum absolute atomic E-state index is 13.8. The first-order valence-corrected chi connectivity index (χ1v) is 10.5. The number of nitrogens with one attached hydrogen (secondary N) is 1. The van der Waals surface area contributed by atoms with Crippen molar-refractivity contribution >= 4 is 40.1 Å². The summed E-state index contributed by atoms with van der Waals surface area (Å²) in [6.45, 7) is 4.02. The summed E-state index contributed by atoms with van der Waals surface area (Å²) in [6.07, 6.45) is 1.88. The molecule has 4 rings (SSSR count). The second kappa shape index (κ2) is 7.99. The molecule has 2 aliphatic rings. The molecule has 0 spiro atoms. The Morgan fingerprint density at radius 2 is 2.00 bits per heavy atom. The zero-order valence-corrected chi connectivity index (χ0v) is 17.1. The maximum atomic E-state index is 13.8. The number of rotatable bonds is 5. The van der Waals surface area contributed by atoms with Crippen molar-refractivity contribution in [2.75, 3.05) is 5.32 Å². The fraction of sp³-hybridized carbons (Fsp3) is 0.318.